The highest BCUT2D eigenvalue weighted by molar-refractivity contribution is 7.99. The Hall–Kier alpha value is -0.470. The summed E-state index contributed by atoms with van der Waals surface area (Å²) in [6, 6.07) is 9.36. The molecule has 0 bridgehead atoms. The van der Waals surface area contributed by atoms with Gasteiger partial charge in [-0.05, 0) is 32.5 Å². The van der Waals surface area contributed by atoms with Crippen molar-refractivity contribution >= 4 is 11.8 Å². The molecular formula is C13H21NS. The van der Waals surface area contributed by atoms with E-state index in [1.165, 1.54) is 23.3 Å². The predicted octanol–water partition coefficient (Wildman–Crippen LogP) is 3.48. The van der Waals surface area contributed by atoms with E-state index < -0.39 is 0 Å². The number of thioether (sulfide) groups is 1. The van der Waals surface area contributed by atoms with E-state index in [-0.39, 0.29) is 0 Å². The van der Waals surface area contributed by atoms with Gasteiger partial charge in [-0.3, -0.25) is 0 Å². The van der Waals surface area contributed by atoms with Gasteiger partial charge in [0.05, 0.1) is 0 Å². The highest BCUT2D eigenvalue weighted by atomic mass is 32.2. The minimum atomic E-state index is 0.639. The molecule has 1 unspecified atom stereocenters. The molecule has 1 aromatic rings. The molecule has 1 N–H and O–H groups in total. The second-order valence-electron chi connectivity index (χ2n) is 3.90. The number of hydrogen-bond donors (Lipinski definition) is 1. The molecular weight excluding hydrogens is 202 g/mol. The summed E-state index contributed by atoms with van der Waals surface area (Å²) in [6.07, 6.45) is 2.51. The molecule has 0 spiro atoms. The average Bonchev–Trinajstić information content (AvgIpc) is 2.24. The Morgan fingerprint density at radius 2 is 2.20 bits per heavy atom. The Kier molecular flexibility index (Phi) is 5.81. The zero-order valence-corrected chi connectivity index (χ0v) is 10.7. The van der Waals surface area contributed by atoms with Gasteiger partial charge >= 0.3 is 0 Å². The van der Waals surface area contributed by atoms with E-state index >= 15 is 0 Å². The van der Waals surface area contributed by atoms with Gasteiger partial charge in [0.15, 0.2) is 0 Å². The van der Waals surface area contributed by atoms with Crippen molar-refractivity contribution in [1.29, 1.82) is 0 Å². The van der Waals surface area contributed by atoms with E-state index in [1.54, 1.807) is 0 Å². The van der Waals surface area contributed by atoms with Gasteiger partial charge in [0.2, 0.25) is 0 Å². The molecule has 0 aliphatic carbocycles. The molecule has 0 aliphatic rings. The van der Waals surface area contributed by atoms with Crippen molar-refractivity contribution in [2.45, 2.75) is 37.6 Å². The van der Waals surface area contributed by atoms with Crippen molar-refractivity contribution in [3.05, 3.63) is 29.8 Å². The number of benzene rings is 1. The third-order valence-electron chi connectivity index (χ3n) is 2.49. The smallest absolute Gasteiger partial charge is 0.0158 e. The molecule has 1 rings (SSSR count). The Morgan fingerprint density at radius 1 is 1.40 bits per heavy atom. The normalized spacial score (nSPS) is 12.7. The van der Waals surface area contributed by atoms with Crippen LogP contribution in [0.4, 0.5) is 0 Å². The van der Waals surface area contributed by atoms with Crippen molar-refractivity contribution in [3.8, 4) is 0 Å². The van der Waals surface area contributed by atoms with Crippen LogP contribution >= 0.6 is 11.8 Å². The Labute approximate surface area is 97.7 Å². The molecule has 1 atom stereocenters. The number of hydrogen-bond acceptors (Lipinski definition) is 2. The van der Waals surface area contributed by atoms with Crippen LogP contribution in [0.2, 0.25) is 0 Å². The molecule has 2 heteroatoms. The van der Waals surface area contributed by atoms with E-state index in [2.05, 4.69) is 50.5 Å². The van der Waals surface area contributed by atoms with Gasteiger partial charge in [-0.15, -0.1) is 11.8 Å². The van der Waals surface area contributed by atoms with Crippen LogP contribution in [0.25, 0.3) is 0 Å². The van der Waals surface area contributed by atoms with Crippen LogP contribution in [-0.2, 0) is 0 Å². The van der Waals surface area contributed by atoms with Crippen molar-refractivity contribution < 1.29 is 0 Å². The Bertz CT molecular complexity index is 286. The molecule has 1 nitrogen and oxygen atoms in total. The molecule has 0 fully saturated rings. The van der Waals surface area contributed by atoms with Crippen LogP contribution in [0.3, 0.4) is 0 Å². The maximum atomic E-state index is 3.37. The lowest BCUT2D eigenvalue weighted by atomic mass is 10.2. The van der Waals surface area contributed by atoms with Crippen LogP contribution in [-0.4, -0.2) is 18.8 Å². The molecule has 0 aromatic heterocycles. The van der Waals surface area contributed by atoms with E-state index in [4.69, 9.17) is 0 Å². The fourth-order valence-electron chi connectivity index (χ4n) is 1.56. The molecule has 0 saturated heterocycles. The quantitative estimate of drug-likeness (QED) is 0.741. The van der Waals surface area contributed by atoms with E-state index in [9.17, 15) is 0 Å². The summed E-state index contributed by atoms with van der Waals surface area (Å²) in [6.45, 7) is 4.38. The lowest BCUT2D eigenvalue weighted by Crippen LogP contribution is -2.27. The number of nitrogens with one attached hydrogen (secondary N) is 1. The monoisotopic (exact) mass is 223 g/mol. The molecule has 0 saturated carbocycles. The summed E-state index contributed by atoms with van der Waals surface area (Å²) in [5.41, 5.74) is 1.34. The Morgan fingerprint density at radius 3 is 2.80 bits per heavy atom. The first-order valence-electron chi connectivity index (χ1n) is 5.63. The topological polar surface area (TPSA) is 12.0 Å². The summed E-state index contributed by atoms with van der Waals surface area (Å²) < 4.78 is 0. The van der Waals surface area contributed by atoms with Gasteiger partial charge in [-0.25, -0.2) is 0 Å². The zero-order chi connectivity index (χ0) is 11.1. The molecule has 0 radical (unpaired) electrons. The molecule has 84 valence electrons. The minimum absolute atomic E-state index is 0.639. The Balaban J connectivity index is 2.41. The second kappa shape index (κ2) is 6.91. The number of aryl methyl sites for hydroxylation is 1. The van der Waals surface area contributed by atoms with Gasteiger partial charge in [0.25, 0.3) is 0 Å². The van der Waals surface area contributed by atoms with E-state index in [1.807, 2.05) is 11.8 Å². The lowest BCUT2D eigenvalue weighted by Gasteiger charge is -2.14. The summed E-state index contributed by atoms with van der Waals surface area (Å²) in [5, 5.41) is 3.37. The van der Waals surface area contributed by atoms with Crippen LogP contribution in [0.15, 0.2) is 29.2 Å². The van der Waals surface area contributed by atoms with Crippen molar-refractivity contribution in [3.63, 3.8) is 0 Å². The zero-order valence-electron chi connectivity index (χ0n) is 9.92. The molecule has 0 aliphatic heterocycles. The standard InChI is InChI=1S/C13H21NS/c1-4-6-12(14-3)10-15-13-8-5-7-11(2)9-13/h5,7-9,12,14H,4,6,10H2,1-3H3. The summed E-state index contributed by atoms with van der Waals surface area (Å²) in [5.74, 6) is 1.16. The average molecular weight is 223 g/mol. The van der Waals surface area contributed by atoms with Crippen LogP contribution < -0.4 is 5.32 Å². The van der Waals surface area contributed by atoms with Crippen molar-refractivity contribution in [2.75, 3.05) is 12.8 Å². The van der Waals surface area contributed by atoms with Crippen molar-refractivity contribution in [1.82, 2.24) is 5.32 Å². The summed E-state index contributed by atoms with van der Waals surface area (Å²) in [7, 11) is 2.05. The first kappa shape index (κ1) is 12.6. The van der Waals surface area contributed by atoms with Gasteiger partial charge in [-0.1, -0.05) is 31.0 Å². The lowest BCUT2D eigenvalue weighted by molar-refractivity contribution is 0.564. The van der Waals surface area contributed by atoms with Crippen LogP contribution in [0, 0.1) is 6.92 Å². The number of rotatable bonds is 6. The minimum Gasteiger partial charge on any atom is -0.316 e. The first-order valence-corrected chi connectivity index (χ1v) is 6.61. The first-order chi connectivity index (χ1) is 7.26. The van der Waals surface area contributed by atoms with Crippen LogP contribution in [0.1, 0.15) is 25.3 Å². The SMILES string of the molecule is CCCC(CSc1cccc(C)c1)NC. The maximum Gasteiger partial charge on any atom is 0.0158 e. The van der Waals surface area contributed by atoms with Gasteiger partial charge in [-0.2, -0.15) is 0 Å². The molecule has 15 heavy (non-hydrogen) atoms. The summed E-state index contributed by atoms with van der Waals surface area (Å²) >= 11 is 1.94. The van der Waals surface area contributed by atoms with Crippen molar-refractivity contribution in [2.24, 2.45) is 0 Å². The third-order valence-corrected chi connectivity index (χ3v) is 3.64. The van der Waals surface area contributed by atoms with E-state index in [0.29, 0.717) is 6.04 Å². The third kappa shape index (κ3) is 4.72. The molecule has 0 heterocycles. The molecule has 1 aromatic carbocycles. The summed E-state index contributed by atoms with van der Waals surface area (Å²) in [4.78, 5) is 1.38. The van der Waals surface area contributed by atoms with Gasteiger partial charge in [0, 0.05) is 16.7 Å². The largest absolute Gasteiger partial charge is 0.316 e. The van der Waals surface area contributed by atoms with Gasteiger partial charge in [0.1, 0.15) is 0 Å². The second-order valence-corrected chi connectivity index (χ2v) is 5.00. The molecule has 0 amide bonds. The van der Waals surface area contributed by atoms with E-state index in [0.717, 1.165) is 5.75 Å². The highest BCUT2D eigenvalue weighted by Crippen LogP contribution is 2.20. The van der Waals surface area contributed by atoms with Crippen LogP contribution in [0.5, 0.6) is 0 Å². The maximum absolute atomic E-state index is 3.37. The fraction of sp³-hybridized carbons (Fsp3) is 0.538. The van der Waals surface area contributed by atoms with Gasteiger partial charge < -0.3 is 5.32 Å². The fourth-order valence-corrected chi connectivity index (χ4v) is 2.73. The highest BCUT2D eigenvalue weighted by Gasteiger charge is 2.05. The predicted molar refractivity (Wildman–Crippen MR) is 69.7 cm³/mol.